The second kappa shape index (κ2) is 8.55. The van der Waals surface area contributed by atoms with Crippen molar-refractivity contribution in [3.8, 4) is 5.75 Å². The van der Waals surface area contributed by atoms with Crippen molar-refractivity contribution < 1.29 is 14.6 Å². The molecule has 3 N–H and O–H groups in total. The molecule has 0 aliphatic rings. The summed E-state index contributed by atoms with van der Waals surface area (Å²) in [5.41, 5.74) is 0.734. The molecule has 0 aliphatic heterocycles. The Bertz CT molecular complexity index is 599. The number of benzene rings is 1. The van der Waals surface area contributed by atoms with E-state index in [0.717, 1.165) is 11.3 Å². The Morgan fingerprint density at radius 1 is 1.22 bits per heavy atom. The van der Waals surface area contributed by atoms with E-state index in [1.165, 1.54) is 4.88 Å². The molecule has 6 heteroatoms. The first kappa shape index (κ1) is 17.3. The lowest BCUT2D eigenvalue weighted by molar-refractivity contribution is 0.173. The van der Waals surface area contributed by atoms with Gasteiger partial charge in [0.15, 0.2) is 0 Å². The van der Waals surface area contributed by atoms with Gasteiger partial charge >= 0.3 is 6.03 Å². The molecule has 2 atom stereocenters. The van der Waals surface area contributed by atoms with Crippen molar-refractivity contribution in [1.29, 1.82) is 0 Å². The lowest BCUT2D eigenvalue weighted by Crippen LogP contribution is -2.39. The smallest absolute Gasteiger partial charge is 0.314 e. The summed E-state index contributed by atoms with van der Waals surface area (Å²) in [6.07, 6.45) is -0.749. The average Bonchev–Trinajstić information content (AvgIpc) is 3.12. The Morgan fingerprint density at radius 2 is 1.91 bits per heavy atom. The van der Waals surface area contributed by atoms with Crippen LogP contribution in [0.1, 0.15) is 29.4 Å². The highest BCUT2D eigenvalue weighted by Gasteiger charge is 2.11. The third-order valence-corrected chi connectivity index (χ3v) is 4.66. The number of amides is 2. The standard InChI is InChI=1S/C17H22N2O3S/c1-12(16-4-3-9-23-16)10-18-17(21)19-11-15(20)13-5-7-14(22-2)8-6-13/h3-9,12,15,20H,10-11H2,1-2H3,(H2,18,19,21). The number of nitrogens with one attached hydrogen (secondary N) is 2. The average molecular weight is 334 g/mol. The summed E-state index contributed by atoms with van der Waals surface area (Å²) in [5, 5.41) is 17.6. The summed E-state index contributed by atoms with van der Waals surface area (Å²) < 4.78 is 5.07. The molecule has 0 radical (unpaired) electrons. The quantitative estimate of drug-likeness (QED) is 0.729. The van der Waals surface area contributed by atoms with Gasteiger partial charge in [-0.1, -0.05) is 25.1 Å². The summed E-state index contributed by atoms with van der Waals surface area (Å²) in [7, 11) is 1.59. The van der Waals surface area contributed by atoms with Crippen LogP contribution in [-0.2, 0) is 0 Å². The van der Waals surface area contributed by atoms with E-state index in [-0.39, 0.29) is 18.5 Å². The predicted octanol–water partition coefficient (Wildman–Crippen LogP) is 2.89. The number of aliphatic hydroxyl groups is 1. The molecule has 1 aromatic heterocycles. The zero-order chi connectivity index (χ0) is 16.7. The molecule has 1 aromatic carbocycles. The van der Waals surface area contributed by atoms with Crippen molar-refractivity contribution >= 4 is 17.4 Å². The molecule has 2 rings (SSSR count). The van der Waals surface area contributed by atoms with Crippen molar-refractivity contribution in [3.05, 3.63) is 52.2 Å². The lowest BCUT2D eigenvalue weighted by atomic mass is 10.1. The van der Waals surface area contributed by atoms with E-state index in [1.54, 1.807) is 42.7 Å². The fourth-order valence-corrected chi connectivity index (χ4v) is 2.90. The van der Waals surface area contributed by atoms with Crippen molar-refractivity contribution in [1.82, 2.24) is 10.6 Å². The fraction of sp³-hybridized carbons (Fsp3) is 0.353. The van der Waals surface area contributed by atoms with E-state index in [0.29, 0.717) is 6.54 Å². The van der Waals surface area contributed by atoms with Gasteiger partial charge in [-0.3, -0.25) is 0 Å². The SMILES string of the molecule is COc1ccc(C(O)CNC(=O)NCC(C)c2cccs2)cc1. The largest absolute Gasteiger partial charge is 0.497 e. The van der Waals surface area contributed by atoms with Crippen molar-refractivity contribution in [3.63, 3.8) is 0 Å². The number of urea groups is 1. The van der Waals surface area contributed by atoms with Gasteiger partial charge in [0, 0.05) is 23.9 Å². The first-order valence-corrected chi connectivity index (χ1v) is 8.35. The van der Waals surface area contributed by atoms with Crippen molar-refractivity contribution in [2.24, 2.45) is 0 Å². The number of thiophene rings is 1. The fourth-order valence-electron chi connectivity index (χ4n) is 2.11. The minimum atomic E-state index is -0.749. The highest BCUT2D eigenvalue weighted by Crippen LogP contribution is 2.19. The molecule has 23 heavy (non-hydrogen) atoms. The molecule has 5 nitrogen and oxygen atoms in total. The maximum atomic E-state index is 11.8. The van der Waals surface area contributed by atoms with Crippen LogP contribution < -0.4 is 15.4 Å². The van der Waals surface area contributed by atoms with E-state index in [2.05, 4.69) is 23.6 Å². The monoisotopic (exact) mass is 334 g/mol. The van der Waals surface area contributed by atoms with Crippen LogP contribution in [0.15, 0.2) is 41.8 Å². The van der Waals surface area contributed by atoms with Gasteiger partial charge in [-0.2, -0.15) is 0 Å². The highest BCUT2D eigenvalue weighted by atomic mass is 32.1. The molecule has 0 saturated carbocycles. The molecule has 2 aromatic rings. The second-order valence-corrected chi connectivity index (χ2v) is 6.28. The van der Waals surface area contributed by atoms with Gasteiger partial charge in [-0.25, -0.2) is 4.79 Å². The zero-order valence-electron chi connectivity index (χ0n) is 13.3. The zero-order valence-corrected chi connectivity index (χ0v) is 14.1. The molecule has 0 saturated heterocycles. The number of rotatable bonds is 7. The molecule has 1 heterocycles. The van der Waals surface area contributed by atoms with Crippen LogP contribution in [0.2, 0.25) is 0 Å². The van der Waals surface area contributed by atoms with Gasteiger partial charge in [-0.05, 0) is 29.1 Å². The normalized spacial score (nSPS) is 13.2. The summed E-state index contributed by atoms with van der Waals surface area (Å²) in [5.74, 6) is 1.00. The topological polar surface area (TPSA) is 70.6 Å². The molecule has 0 aliphatic carbocycles. The van der Waals surface area contributed by atoms with Crippen LogP contribution in [0.5, 0.6) is 5.75 Å². The van der Waals surface area contributed by atoms with Gasteiger partial charge in [-0.15, -0.1) is 11.3 Å². The van der Waals surface area contributed by atoms with E-state index in [9.17, 15) is 9.90 Å². The molecule has 0 bridgehead atoms. The van der Waals surface area contributed by atoms with Crippen LogP contribution >= 0.6 is 11.3 Å². The van der Waals surface area contributed by atoms with Crippen LogP contribution in [0.4, 0.5) is 4.79 Å². The van der Waals surface area contributed by atoms with Crippen molar-refractivity contribution in [2.45, 2.75) is 18.9 Å². The Balaban J connectivity index is 1.72. The Hall–Kier alpha value is -2.05. The minimum Gasteiger partial charge on any atom is -0.497 e. The van der Waals surface area contributed by atoms with Crippen LogP contribution in [0.25, 0.3) is 0 Å². The molecule has 0 spiro atoms. The maximum absolute atomic E-state index is 11.8. The number of methoxy groups -OCH3 is 1. The number of carbonyl (C=O) groups excluding carboxylic acids is 1. The number of hydrogen-bond acceptors (Lipinski definition) is 4. The molecule has 2 amide bonds. The third-order valence-electron chi connectivity index (χ3n) is 3.55. The molecular weight excluding hydrogens is 312 g/mol. The van der Waals surface area contributed by atoms with E-state index < -0.39 is 6.10 Å². The first-order valence-electron chi connectivity index (χ1n) is 7.47. The molecular formula is C17H22N2O3S. The van der Waals surface area contributed by atoms with E-state index in [1.807, 2.05) is 11.4 Å². The number of hydrogen-bond donors (Lipinski definition) is 3. The summed E-state index contributed by atoms with van der Waals surface area (Å²) >= 11 is 1.68. The Labute approximate surface area is 140 Å². The number of ether oxygens (including phenoxy) is 1. The third kappa shape index (κ3) is 5.26. The Morgan fingerprint density at radius 3 is 2.52 bits per heavy atom. The van der Waals surface area contributed by atoms with Crippen LogP contribution in [-0.4, -0.2) is 31.3 Å². The van der Waals surface area contributed by atoms with Gasteiger partial charge in [0.1, 0.15) is 5.75 Å². The first-order chi connectivity index (χ1) is 11.1. The Kier molecular flexibility index (Phi) is 6.43. The molecule has 2 unspecified atom stereocenters. The predicted molar refractivity (Wildman–Crippen MR) is 92.1 cm³/mol. The second-order valence-electron chi connectivity index (χ2n) is 5.30. The number of aliphatic hydroxyl groups excluding tert-OH is 1. The van der Waals surface area contributed by atoms with Gasteiger partial charge < -0.3 is 20.5 Å². The van der Waals surface area contributed by atoms with Crippen molar-refractivity contribution in [2.75, 3.05) is 20.2 Å². The van der Waals surface area contributed by atoms with Gasteiger partial charge in [0.2, 0.25) is 0 Å². The molecule has 0 fully saturated rings. The van der Waals surface area contributed by atoms with E-state index >= 15 is 0 Å². The molecule has 124 valence electrons. The summed E-state index contributed by atoms with van der Waals surface area (Å²) in [6, 6.07) is 10.9. The van der Waals surface area contributed by atoms with Gasteiger partial charge in [0.05, 0.1) is 13.2 Å². The maximum Gasteiger partial charge on any atom is 0.314 e. The minimum absolute atomic E-state index is 0.158. The van der Waals surface area contributed by atoms with E-state index in [4.69, 9.17) is 4.74 Å². The van der Waals surface area contributed by atoms with Crippen LogP contribution in [0, 0.1) is 0 Å². The van der Waals surface area contributed by atoms with Crippen LogP contribution in [0.3, 0.4) is 0 Å². The number of carbonyl (C=O) groups is 1. The lowest BCUT2D eigenvalue weighted by Gasteiger charge is -2.15. The summed E-state index contributed by atoms with van der Waals surface area (Å²) in [6.45, 7) is 2.79. The highest BCUT2D eigenvalue weighted by molar-refractivity contribution is 7.10. The van der Waals surface area contributed by atoms with Gasteiger partial charge in [0.25, 0.3) is 0 Å². The summed E-state index contributed by atoms with van der Waals surface area (Å²) in [4.78, 5) is 13.0.